The number of oxime groups is 1. The van der Waals surface area contributed by atoms with Crippen LogP contribution in [0.1, 0.15) is 11.1 Å². The van der Waals surface area contributed by atoms with E-state index in [1.165, 1.54) is 0 Å². The fourth-order valence-corrected chi connectivity index (χ4v) is 1.45. The molecule has 2 rings (SSSR count). The van der Waals surface area contributed by atoms with E-state index in [2.05, 4.69) is 27.7 Å². The first-order chi connectivity index (χ1) is 9.79. The summed E-state index contributed by atoms with van der Waals surface area (Å²) in [6.45, 7) is 0.512. The molecular weight excluding hydrogens is 365 g/mol. The number of alkyl halides is 1. The number of amidine groups is 1. The van der Waals surface area contributed by atoms with Gasteiger partial charge in [-0.2, -0.15) is 0 Å². The Balaban J connectivity index is 0.000000956. The molecule has 2 aromatic rings. The molecule has 0 saturated carbocycles. The molecular formula is C15H18IN3O. The lowest BCUT2D eigenvalue weighted by molar-refractivity contribution is 0.341. The van der Waals surface area contributed by atoms with Crippen molar-refractivity contribution < 1.29 is 4.84 Å². The molecule has 0 aromatic heterocycles. The fraction of sp³-hybridized carbons (Fsp3) is 0.133. The van der Waals surface area contributed by atoms with Crippen LogP contribution in [0, 0.1) is 0 Å². The SMILES string of the molecule is CI.NCc1ccc(/C(N)=N/Oc2ccccc2)cc1. The largest absolute Gasteiger partial charge is 0.380 e. The molecule has 0 aliphatic heterocycles. The normalized spacial score (nSPS) is 10.4. The lowest BCUT2D eigenvalue weighted by Crippen LogP contribution is -2.14. The van der Waals surface area contributed by atoms with Gasteiger partial charge < -0.3 is 16.3 Å². The molecule has 20 heavy (non-hydrogen) atoms. The Kier molecular flexibility index (Phi) is 7.67. The minimum Gasteiger partial charge on any atom is -0.380 e. The lowest BCUT2D eigenvalue weighted by atomic mass is 10.1. The monoisotopic (exact) mass is 383 g/mol. The van der Waals surface area contributed by atoms with Crippen molar-refractivity contribution in [3.63, 3.8) is 0 Å². The van der Waals surface area contributed by atoms with E-state index >= 15 is 0 Å². The summed E-state index contributed by atoms with van der Waals surface area (Å²) in [6.07, 6.45) is 0. The van der Waals surface area contributed by atoms with Gasteiger partial charge in [0.25, 0.3) is 0 Å². The summed E-state index contributed by atoms with van der Waals surface area (Å²) in [7, 11) is 0. The summed E-state index contributed by atoms with van der Waals surface area (Å²) in [5, 5.41) is 3.88. The van der Waals surface area contributed by atoms with Crippen LogP contribution in [-0.4, -0.2) is 10.8 Å². The first-order valence-corrected chi connectivity index (χ1v) is 8.18. The van der Waals surface area contributed by atoms with Gasteiger partial charge >= 0.3 is 0 Å². The Morgan fingerprint density at radius 1 is 1.05 bits per heavy atom. The summed E-state index contributed by atoms with van der Waals surface area (Å²) in [6, 6.07) is 16.9. The van der Waals surface area contributed by atoms with Gasteiger partial charge in [0.15, 0.2) is 11.6 Å². The smallest absolute Gasteiger partial charge is 0.170 e. The van der Waals surface area contributed by atoms with Crippen LogP contribution >= 0.6 is 22.6 Å². The van der Waals surface area contributed by atoms with Gasteiger partial charge in [-0.1, -0.05) is 70.2 Å². The molecule has 4 nitrogen and oxygen atoms in total. The third kappa shape index (κ3) is 5.18. The molecule has 0 aliphatic rings. The van der Waals surface area contributed by atoms with E-state index < -0.39 is 0 Å². The van der Waals surface area contributed by atoms with E-state index in [1.54, 1.807) is 0 Å². The Labute approximate surface area is 132 Å². The van der Waals surface area contributed by atoms with Crippen LogP contribution in [0.15, 0.2) is 59.8 Å². The van der Waals surface area contributed by atoms with Crippen molar-refractivity contribution in [1.82, 2.24) is 0 Å². The zero-order valence-corrected chi connectivity index (χ0v) is 13.4. The van der Waals surface area contributed by atoms with Crippen LogP contribution < -0.4 is 16.3 Å². The van der Waals surface area contributed by atoms with Crippen LogP contribution in [0.3, 0.4) is 0 Å². The second-order valence-corrected chi connectivity index (χ2v) is 3.78. The van der Waals surface area contributed by atoms with E-state index in [1.807, 2.05) is 59.5 Å². The van der Waals surface area contributed by atoms with Gasteiger partial charge in [0.2, 0.25) is 0 Å². The molecule has 0 aliphatic carbocycles. The van der Waals surface area contributed by atoms with Gasteiger partial charge in [0.1, 0.15) is 0 Å². The summed E-state index contributed by atoms with van der Waals surface area (Å²) in [4.78, 5) is 7.19. The molecule has 5 heteroatoms. The van der Waals surface area contributed by atoms with E-state index in [4.69, 9.17) is 16.3 Å². The van der Waals surface area contributed by atoms with Gasteiger partial charge in [0, 0.05) is 12.1 Å². The number of nitrogens with zero attached hydrogens (tertiary/aromatic N) is 1. The average Bonchev–Trinajstić information content (AvgIpc) is 2.55. The lowest BCUT2D eigenvalue weighted by Gasteiger charge is -2.03. The highest BCUT2D eigenvalue weighted by atomic mass is 127. The van der Waals surface area contributed by atoms with Gasteiger partial charge in [-0.05, 0) is 22.6 Å². The molecule has 0 bridgehead atoms. The highest BCUT2D eigenvalue weighted by molar-refractivity contribution is 14.1. The number of para-hydroxylation sites is 1. The van der Waals surface area contributed by atoms with Crippen LogP contribution in [0.25, 0.3) is 0 Å². The van der Waals surface area contributed by atoms with E-state index in [9.17, 15) is 0 Å². The summed E-state index contributed by atoms with van der Waals surface area (Å²) >= 11 is 2.15. The first-order valence-electron chi connectivity index (χ1n) is 6.02. The Bertz CT molecular complexity index is 527. The van der Waals surface area contributed by atoms with Crippen LogP contribution in [0.4, 0.5) is 0 Å². The van der Waals surface area contributed by atoms with Crippen LogP contribution in [0.2, 0.25) is 0 Å². The second-order valence-electron chi connectivity index (χ2n) is 3.78. The zero-order chi connectivity index (χ0) is 14.8. The molecule has 106 valence electrons. The predicted octanol–water partition coefficient (Wildman–Crippen LogP) is 2.90. The summed E-state index contributed by atoms with van der Waals surface area (Å²) in [5.74, 6) is 0.987. The Morgan fingerprint density at radius 2 is 1.65 bits per heavy atom. The third-order valence-electron chi connectivity index (χ3n) is 2.48. The second kappa shape index (κ2) is 9.33. The number of hydrogen-bond acceptors (Lipinski definition) is 3. The van der Waals surface area contributed by atoms with Crippen molar-refractivity contribution in [1.29, 1.82) is 0 Å². The minimum absolute atomic E-state index is 0.336. The molecule has 0 fully saturated rings. The molecule has 2 aromatic carbocycles. The maximum absolute atomic E-state index is 5.83. The number of rotatable bonds is 4. The van der Waals surface area contributed by atoms with Crippen molar-refractivity contribution >= 4 is 28.4 Å². The molecule has 0 saturated heterocycles. The average molecular weight is 383 g/mol. The highest BCUT2D eigenvalue weighted by Gasteiger charge is 1.99. The van der Waals surface area contributed by atoms with Gasteiger partial charge in [0.05, 0.1) is 0 Å². The van der Waals surface area contributed by atoms with E-state index in [-0.39, 0.29) is 0 Å². The van der Waals surface area contributed by atoms with Gasteiger partial charge in [-0.3, -0.25) is 0 Å². The molecule has 0 radical (unpaired) electrons. The molecule has 0 unspecified atom stereocenters. The van der Waals surface area contributed by atoms with Crippen molar-refractivity contribution in [3.8, 4) is 5.75 Å². The quantitative estimate of drug-likeness (QED) is 0.280. The molecule has 0 spiro atoms. The minimum atomic E-state index is 0.336. The van der Waals surface area contributed by atoms with Gasteiger partial charge in [-0.25, -0.2) is 0 Å². The molecule has 4 N–H and O–H groups in total. The van der Waals surface area contributed by atoms with Crippen molar-refractivity contribution in [3.05, 3.63) is 65.7 Å². The van der Waals surface area contributed by atoms with E-state index in [0.29, 0.717) is 18.1 Å². The maximum Gasteiger partial charge on any atom is 0.170 e. The molecule has 0 amide bonds. The van der Waals surface area contributed by atoms with E-state index in [0.717, 1.165) is 11.1 Å². The first kappa shape index (κ1) is 16.5. The third-order valence-corrected chi connectivity index (χ3v) is 2.48. The number of benzene rings is 2. The Morgan fingerprint density at radius 3 is 2.20 bits per heavy atom. The van der Waals surface area contributed by atoms with Gasteiger partial charge in [-0.15, -0.1) is 0 Å². The topological polar surface area (TPSA) is 73.6 Å². The molecule has 0 atom stereocenters. The number of hydrogen-bond donors (Lipinski definition) is 2. The van der Waals surface area contributed by atoms with Crippen molar-refractivity contribution in [2.45, 2.75) is 6.54 Å². The number of nitrogens with two attached hydrogens (primary N) is 2. The number of halogens is 1. The van der Waals surface area contributed by atoms with Crippen LogP contribution in [-0.2, 0) is 6.54 Å². The summed E-state index contributed by atoms with van der Waals surface area (Å²) < 4.78 is 0. The molecule has 0 heterocycles. The zero-order valence-electron chi connectivity index (χ0n) is 11.3. The maximum atomic E-state index is 5.83. The van der Waals surface area contributed by atoms with Crippen LogP contribution in [0.5, 0.6) is 5.75 Å². The highest BCUT2D eigenvalue weighted by Crippen LogP contribution is 2.09. The standard InChI is InChI=1S/C14H15N3O.CH3I/c15-10-11-6-8-12(9-7-11)14(16)17-18-13-4-2-1-3-5-13;1-2/h1-9H,10,15H2,(H2,16,17);1H3. The van der Waals surface area contributed by atoms with Crippen molar-refractivity contribution in [2.24, 2.45) is 16.6 Å². The Hall–Kier alpha value is -1.60. The predicted molar refractivity (Wildman–Crippen MR) is 92.1 cm³/mol. The fourth-order valence-electron chi connectivity index (χ4n) is 1.45. The van der Waals surface area contributed by atoms with Crippen molar-refractivity contribution in [2.75, 3.05) is 4.93 Å². The summed E-state index contributed by atoms with van der Waals surface area (Å²) in [5.41, 5.74) is 13.2.